The molecular formula is C10H10O2. The first kappa shape index (κ1) is 8.53. The van der Waals surface area contributed by atoms with Crippen LogP contribution in [-0.2, 0) is 4.79 Å². The maximum absolute atomic E-state index is 8.00. The summed E-state index contributed by atoms with van der Waals surface area (Å²) in [6.07, 6.45) is 3.55. The summed E-state index contributed by atoms with van der Waals surface area (Å²) in [6.45, 7) is 4.08. The van der Waals surface area contributed by atoms with Gasteiger partial charge < -0.3 is 9.21 Å². The van der Waals surface area contributed by atoms with Crippen molar-refractivity contribution in [2.45, 2.75) is 6.92 Å². The van der Waals surface area contributed by atoms with E-state index in [0.717, 1.165) is 0 Å². The summed E-state index contributed by atoms with van der Waals surface area (Å²) in [7, 11) is 0. The van der Waals surface area contributed by atoms with Crippen LogP contribution in [0, 0.1) is 6.92 Å². The number of hydrogen-bond acceptors (Lipinski definition) is 2. The van der Waals surface area contributed by atoms with Gasteiger partial charge in [0.2, 0.25) is 0 Å². The first-order valence-corrected chi connectivity index (χ1v) is 3.58. The number of benzene rings is 1. The Kier molecular flexibility index (Phi) is 2.64. The molecule has 1 aromatic carbocycles. The first-order valence-electron chi connectivity index (χ1n) is 3.58. The summed E-state index contributed by atoms with van der Waals surface area (Å²) < 4.78 is 5.05. The van der Waals surface area contributed by atoms with Crippen LogP contribution in [0.3, 0.4) is 0 Å². The third-order valence-corrected chi connectivity index (χ3v) is 1.74. The van der Waals surface area contributed by atoms with Crippen molar-refractivity contribution < 1.29 is 9.21 Å². The average Bonchev–Trinajstić information content (AvgIpc) is 2.57. The zero-order valence-electron chi connectivity index (χ0n) is 6.91. The number of carbonyl (C=O) groups excluding carboxylic acids is 1. The molecule has 1 heterocycles. The van der Waals surface area contributed by atoms with E-state index in [1.807, 2.05) is 18.9 Å². The predicted molar refractivity (Wildman–Crippen MR) is 48.1 cm³/mol. The van der Waals surface area contributed by atoms with Crippen LogP contribution in [0.15, 0.2) is 35.1 Å². The van der Waals surface area contributed by atoms with Gasteiger partial charge in [0.1, 0.15) is 6.79 Å². The van der Waals surface area contributed by atoms with Gasteiger partial charge in [-0.1, -0.05) is 18.2 Å². The molecule has 0 aliphatic carbocycles. The maximum atomic E-state index is 8.00. The van der Waals surface area contributed by atoms with Crippen LogP contribution >= 0.6 is 0 Å². The summed E-state index contributed by atoms with van der Waals surface area (Å²) in [5.41, 5.74) is 1.27. The van der Waals surface area contributed by atoms with Crippen molar-refractivity contribution in [3.8, 4) is 0 Å². The number of carbonyl (C=O) groups is 1. The number of rotatable bonds is 0. The lowest BCUT2D eigenvalue weighted by molar-refractivity contribution is -0.0979. The molecule has 62 valence electrons. The van der Waals surface area contributed by atoms with Gasteiger partial charge >= 0.3 is 0 Å². The lowest BCUT2D eigenvalue weighted by atomic mass is 10.1. The SMILES string of the molecule is C=O.Cc1cccc2cocc12. The highest BCUT2D eigenvalue weighted by atomic mass is 16.3. The number of aryl methyl sites for hydroxylation is 1. The first-order chi connectivity index (χ1) is 5.88. The van der Waals surface area contributed by atoms with Crippen LogP contribution in [0.5, 0.6) is 0 Å². The Morgan fingerprint density at radius 3 is 2.67 bits per heavy atom. The predicted octanol–water partition coefficient (Wildman–Crippen LogP) is 2.56. The fourth-order valence-electron chi connectivity index (χ4n) is 1.14. The van der Waals surface area contributed by atoms with Crippen molar-refractivity contribution >= 4 is 17.6 Å². The molecule has 2 nitrogen and oxygen atoms in total. The molecule has 0 N–H and O–H groups in total. The quantitative estimate of drug-likeness (QED) is 0.596. The van der Waals surface area contributed by atoms with E-state index >= 15 is 0 Å². The molecule has 2 heteroatoms. The van der Waals surface area contributed by atoms with E-state index in [-0.39, 0.29) is 0 Å². The normalized spacial score (nSPS) is 9.08. The third-order valence-electron chi connectivity index (χ3n) is 1.74. The van der Waals surface area contributed by atoms with E-state index < -0.39 is 0 Å². The fraction of sp³-hybridized carbons (Fsp3) is 0.100. The standard InChI is InChI=1S/C9H8O.CH2O/c1-7-3-2-4-8-5-10-6-9(7)8;1-2/h2-6H,1H3;1H2. The average molecular weight is 162 g/mol. The summed E-state index contributed by atoms with van der Waals surface area (Å²) in [5, 5.41) is 2.39. The van der Waals surface area contributed by atoms with Crippen LogP contribution in [0.1, 0.15) is 5.56 Å². The zero-order valence-corrected chi connectivity index (χ0v) is 6.91. The lowest BCUT2D eigenvalue weighted by Crippen LogP contribution is -1.69. The molecule has 1 aromatic heterocycles. The molecule has 0 unspecified atom stereocenters. The molecule has 0 aliphatic heterocycles. The van der Waals surface area contributed by atoms with Gasteiger partial charge in [-0.15, -0.1) is 0 Å². The molecular weight excluding hydrogens is 152 g/mol. The second-order valence-electron chi connectivity index (χ2n) is 2.45. The van der Waals surface area contributed by atoms with Crippen molar-refractivity contribution in [3.63, 3.8) is 0 Å². The van der Waals surface area contributed by atoms with Crippen molar-refractivity contribution in [1.29, 1.82) is 0 Å². The highest BCUT2D eigenvalue weighted by Gasteiger charge is 1.95. The monoisotopic (exact) mass is 162 g/mol. The molecule has 0 saturated heterocycles. The van der Waals surface area contributed by atoms with E-state index in [2.05, 4.69) is 13.0 Å². The molecule has 0 amide bonds. The summed E-state index contributed by atoms with van der Waals surface area (Å²) in [5.74, 6) is 0. The van der Waals surface area contributed by atoms with Crippen LogP contribution in [0.2, 0.25) is 0 Å². The van der Waals surface area contributed by atoms with E-state index in [4.69, 9.17) is 9.21 Å². The van der Waals surface area contributed by atoms with Gasteiger partial charge in [0.25, 0.3) is 0 Å². The highest BCUT2D eigenvalue weighted by molar-refractivity contribution is 5.83. The summed E-state index contributed by atoms with van der Waals surface area (Å²) in [4.78, 5) is 8.00. The number of hydrogen-bond donors (Lipinski definition) is 0. The molecule has 12 heavy (non-hydrogen) atoms. The van der Waals surface area contributed by atoms with Crippen LogP contribution in [0.4, 0.5) is 0 Å². The van der Waals surface area contributed by atoms with Crippen molar-refractivity contribution in [2.24, 2.45) is 0 Å². The van der Waals surface area contributed by atoms with Gasteiger partial charge in [0.15, 0.2) is 0 Å². The molecule has 0 radical (unpaired) electrons. The topological polar surface area (TPSA) is 30.2 Å². The number of fused-ring (bicyclic) bond motifs is 1. The van der Waals surface area contributed by atoms with Gasteiger partial charge in [0.05, 0.1) is 12.5 Å². The smallest absolute Gasteiger partial charge is 0.106 e. The van der Waals surface area contributed by atoms with Gasteiger partial charge in [-0.3, -0.25) is 0 Å². The minimum atomic E-state index is 1.18. The van der Waals surface area contributed by atoms with Gasteiger partial charge in [-0.25, -0.2) is 0 Å². The van der Waals surface area contributed by atoms with E-state index in [1.165, 1.54) is 16.3 Å². The van der Waals surface area contributed by atoms with Crippen molar-refractivity contribution in [3.05, 3.63) is 36.3 Å². The third kappa shape index (κ3) is 1.37. The van der Waals surface area contributed by atoms with Crippen LogP contribution in [-0.4, -0.2) is 6.79 Å². The Balaban J connectivity index is 0.000000336. The van der Waals surface area contributed by atoms with Crippen LogP contribution in [0.25, 0.3) is 10.8 Å². The maximum Gasteiger partial charge on any atom is 0.106 e. The Bertz CT molecular complexity index is 363. The molecule has 0 atom stereocenters. The van der Waals surface area contributed by atoms with Gasteiger partial charge in [0, 0.05) is 10.8 Å². The molecule has 0 fully saturated rings. The molecule has 0 saturated carbocycles. The minimum Gasteiger partial charge on any atom is -0.471 e. The Labute approximate surface area is 70.8 Å². The number of furan rings is 1. The Morgan fingerprint density at radius 2 is 2.00 bits per heavy atom. The van der Waals surface area contributed by atoms with Crippen molar-refractivity contribution in [1.82, 2.24) is 0 Å². The molecule has 0 aliphatic rings. The van der Waals surface area contributed by atoms with Crippen molar-refractivity contribution in [2.75, 3.05) is 0 Å². The Hall–Kier alpha value is -1.57. The Morgan fingerprint density at radius 1 is 1.25 bits per heavy atom. The molecule has 0 bridgehead atoms. The van der Waals surface area contributed by atoms with Gasteiger partial charge in [-0.2, -0.15) is 0 Å². The van der Waals surface area contributed by atoms with Gasteiger partial charge in [-0.05, 0) is 12.5 Å². The molecule has 2 aromatic rings. The fourth-order valence-corrected chi connectivity index (χ4v) is 1.14. The second kappa shape index (κ2) is 3.72. The molecule has 2 rings (SSSR count). The van der Waals surface area contributed by atoms with E-state index in [0.29, 0.717) is 0 Å². The molecule has 0 spiro atoms. The van der Waals surface area contributed by atoms with E-state index in [9.17, 15) is 0 Å². The summed E-state index contributed by atoms with van der Waals surface area (Å²) >= 11 is 0. The highest BCUT2D eigenvalue weighted by Crippen LogP contribution is 2.18. The summed E-state index contributed by atoms with van der Waals surface area (Å²) in [6, 6.07) is 6.16. The lowest BCUT2D eigenvalue weighted by Gasteiger charge is -1.90. The second-order valence-corrected chi connectivity index (χ2v) is 2.45. The minimum absolute atomic E-state index is 1.18. The zero-order chi connectivity index (χ0) is 8.97. The largest absolute Gasteiger partial charge is 0.471 e. The van der Waals surface area contributed by atoms with Crippen LogP contribution < -0.4 is 0 Å². The van der Waals surface area contributed by atoms with E-state index in [1.54, 1.807) is 12.5 Å².